The van der Waals surface area contributed by atoms with Crippen LogP contribution in [0.25, 0.3) is 21.9 Å². The maximum Gasteiger partial charge on any atom is 0.0551 e. The van der Waals surface area contributed by atoms with Gasteiger partial charge in [0.25, 0.3) is 0 Å². The van der Waals surface area contributed by atoms with Crippen LogP contribution in [0.4, 0.5) is 0 Å². The fourth-order valence-corrected chi connectivity index (χ4v) is 4.51. The third-order valence-electron chi connectivity index (χ3n) is 6.10. The van der Waals surface area contributed by atoms with E-state index in [4.69, 9.17) is 5.73 Å². The zero-order chi connectivity index (χ0) is 18.6. The smallest absolute Gasteiger partial charge is 0.0551 e. The lowest BCUT2D eigenvalue weighted by atomic mass is 9.81. The van der Waals surface area contributed by atoms with Crippen molar-refractivity contribution in [1.29, 1.82) is 0 Å². The Kier molecular flexibility index (Phi) is 3.50. The molecule has 1 heteroatoms. The summed E-state index contributed by atoms with van der Waals surface area (Å²) < 4.78 is 0. The predicted octanol–water partition coefficient (Wildman–Crippen LogP) is 6.19. The van der Waals surface area contributed by atoms with Crippen LogP contribution in [0.15, 0.2) is 84.9 Å². The van der Waals surface area contributed by atoms with Gasteiger partial charge in [-0.05, 0) is 50.2 Å². The molecule has 0 amide bonds. The summed E-state index contributed by atoms with van der Waals surface area (Å²) in [6.07, 6.45) is 0. The molecule has 132 valence electrons. The fraction of sp³-hybridized carbons (Fsp3) is 0.154. The highest BCUT2D eigenvalue weighted by Gasteiger charge is 2.35. The van der Waals surface area contributed by atoms with Crippen LogP contribution in [0, 0.1) is 0 Å². The second-order valence-corrected chi connectivity index (χ2v) is 8.06. The van der Waals surface area contributed by atoms with Crippen LogP contribution in [0.5, 0.6) is 0 Å². The van der Waals surface area contributed by atoms with E-state index in [9.17, 15) is 0 Å². The van der Waals surface area contributed by atoms with E-state index in [0.29, 0.717) is 0 Å². The number of fused-ring (bicyclic) bond motifs is 4. The Labute approximate surface area is 160 Å². The van der Waals surface area contributed by atoms with Crippen LogP contribution in [-0.4, -0.2) is 0 Å². The maximum atomic E-state index is 6.70. The first-order chi connectivity index (χ1) is 13.1. The van der Waals surface area contributed by atoms with E-state index in [1.807, 2.05) is 0 Å². The minimum absolute atomic E-state index is 0.00500. The van der Waals surface area contributed by atoms with Crippen molar-refractivity contribution >= 4 is 10.8 Å². The van der Waals surface area contributed by atoms with Gasteiger partial charge in [-0.25, -0.2) is 0 Å². The zero-order valence-corrected chi connectivity index (χ0v) is 15.7. The number of nitrogens with two attached hydrogens (primary N) is 1. The quantitative estimate of drug-likeness (QED) is 0.458. The summed E-state index contributed by atoms with van der Waals surface area (Å²) in [6.45, 7) is 4.62. The molecule has 4 aromatic rings. The second kappa shape index (κ2) is 5.80. The molecule has 0 heterocycles. The van der Waals surface area contributed by atoms with Gasteiger partial charge >= 0.3 is 0 Å². The summed E-state index contributed by atoms with van der Waals surface area (Å²) in [5, 5.41) is 2.48. The fourth-order valence-electron chi connectivity index (χ4n) is 4.51. The first kappa shape index (κ1) is 16.3. The molecular weight excluding hydrogens is 326 g/mol. The summed E-state index contributed by atoms with van der Waals surface area (Å²) in [5.74, 6) is 0. The summed E-state index contributed by atoms with van der Waals surface area (Å²) >= 11 is 0. The third-order valence-corrected chi connectivity index (χ3v) is 6.10. The van der Waals surface area contributed by atoms with Crippen molar-refractivity contribution < 1.29 is 0 Å². The number of hydrogen-bond donors (Lipinski definition) is 1. The van der Waals surface area contributed by atoms with Gasteiger partial charge in [0.05, 0.1) is 6.04 Å². The monoisotopic (exact) mass is 349 g/mol. The van der Waals surface area contributed by atoms with Crippen LogP contribution >= 0.6 is 0 Å². The Morgan fingerprint density at radius 3 is 2.11 bits per heavy atom. The highest BCUT2D eigenvalue weighted by molar-refractivity contribution is 5.83. The van der Waals surface area contributed by atoms with E-state index in [1.165, 1.54) is 38.6 Å². The van der Waals surface area contributed by atoms with Crippen molar-refractivity contribution in [3.05, 3.63) is 107 Å². The SMILES string of the molecule is CC1(C)c2ccccc2-c2ccc(C(N)c3ccc4ccccc4c3)cc21. The van der Waals surface area contributed by atoms with Crippen LogP contribution in [0.1, 0.15) is 42.1 Å². The molecule has 0 spiro atoms. The van der Waals surface area contributed by atoms with Crippen LogP contribution in [-0.2, 0) is 5.41 Å². The Morgan fingerprint density at radius 1 is 0.630 bits per heavy atom. The van der Waals surface area contributed by atoms with E-state index < -0.39 is 0 Å². The molecule has 5 rings (SSSR count). The normalized spacial score (nSPS) is 15.4. The second-order valence-electron chi connectivity index (χ2n) is 8.06. The van der Waals surface area contributed by atoms with Gasteiger partial charge in [-0.2, -0.15) is 0 Å². The van der Waals surface area contributed by atoms with Gasteiger partial charge < -0.3 is 5.73 Å². The van der Waals surface area contributed by atoms with Gasteiger partial charge in [-0.15, -0.1) is 0 Å². The molecule has 0 radical (unpaired) electrons. The molecule has 0 aromatic heterocycles. The van der Waals surface area contributed by atoms with Crippen molar-refractivity contribution in [1.82, 2.24) is 0 Å². The number of benzene rings is 4. The first-order valence-corrected chi connectivity index (χ1v) is 9.54. The first-order valence-electron chi connectivity index (χ1n) is 9.54. The maximum absolute atomic E-state index is 6.70. The topological polar surface area (TPSA) is 26.0 Å². The molecule has 4 aromatic carbocycles. The van der Waals surface area contributed by atoms with Gasteiger partial charge in [0.15, 0.2) is 0 Å². The highest BCUT2D eigenvalue weighted by atomic mass is 14.6. The van der Waals surface area contributed by atoms with Crippen molar-refractivity contribution in [2.45, 2.75) is 25.3 Å². The standard InChI is InChI=1S/C26H23N/c1-26(2)23-10-6-5-9-21(23)22-14-13-20(16-24(22)26)25(27)19-12-11-17-7-3-4-8-18(17)15-19/h3-16,25H,27H2,1-2H3. The summed E-state index contributed by atoms with van der Waals surface area (Å²) in [4.78, 5) is 0. The average molecular weight is 349 g/mol. The molecule has 1 aliphatic rings. The predicted molar refractivity (Wildman–Crippen MR) is 114 cm³/mol. The van der Waals surface area contributed by atoms with E-state index in [1.54, 1.807) is 0 Å². The molecule has 0 saturated carbocycles. The molecule has 1 unspecified atom stereocenters. The van der Waals surface area contributed by atoms with E-state index in [-0.39, 0.29) is 11.5 Å². The number of hydrogen-bond acceptors (Lipinski definition) is 1. The largest absolute Gasteiger partial charge is 0.320 e. The minimum atomic E-state index is -0.126. The van der Waals surface area contributed by atoms with Crippen LogP contribution < -0.4 is 5.73 Å². The summed E-state index contributed by atoms with van der Waals surface area (Å²) in [5.41, 5.74) is 14.5. The molecule has 0 saturated heterocycles. The van der Waals surface area contributed by atoms with Gasteiger partial charge in [0.1, 0.15) is 0 Å². The van der Waals surface area contributed by atoms with Gasteiger partial charge in [-0.1, -0.05) is 92.7 Å². The Morgan fingerprint density at radius 2 is 1.26 bits per heavy atom. The lowest BCUT2D eigenvalue weighted by molar-refractivity contribution is 0.658. The van der Waals surface area contributed by atoms with Crippen molar-refractivity contribution in [3.63, 3.8) is 0 Å². The van der Waals surface area contributed by atoms with Crippen molar-refractivity contribution in [2.24, 2.45) is 5.73 Å². The number of rotatable bonds is 2. The van der Waals surface area contributed by atoms with Gasteiger partial charge in [0, 0.05) is 5.41 Å². The Hall–Kier alpha value is -2.90. The van der Waals surface area contributed by atoms with Gasteiger partial charge in [0.2, 0.25) is 0 Å². The van der Waals surface area contributed by atoms with Gasteiger partial charge in [-0.3, -0.25) is 0 Å². The van der Waals surface area contributed by atoms with E-state index in [0.717, 1.165) is 5.56 Å². The minimum Gasteiger partial charge on any atom is -0.320 e. The molecule has 1 aliphatic carbocycles. The lowest BCUT2D eigenvalue weighted by Gasteiger charge is -2.23. The Bertz CT molecular complexity index is 1170. The highest BCUT2D eigenvalue weighted by Crippen LogP contribution is 2.49. The lowest BCUT2D eigenvalue weighted by Crippen LogP contribution is -2.17. The average Bonchev–Trinajstić information content (AvgIpc) is 2.94. The summed E-state index contributed by atoms with van der Waals surface area (Å²) in [6, 6.07) is 30.3. The van der Waals surface area contributed by atoms with Crippen LogP contribution in [0.2, 0.25) is 0 Å². The molecule has 1 atom stereocenters. The molecule has 1 nitrogen and oxygen atoms in total. The van der Waals surface area contributed by atoms with E-state index in [2.05, 4.69) is 98.8 Å². The summed E-state index contributed by atoms with van der Waals surface area (Å²) in [7, 11) is 0. The Balaban J connectivity index is 1.60. The third kappa shape index (κ3) is 2.43. The zero-order valence-electron chi connectivity index (χ0n) is 15.7. The molecule has 2 N–H and O–H groups in total. The molecule has 0 bridgehead atoms. The van der Waals surface area contributed by atoms with Crippen molar-refractivity contribution in [3.8, 4) is 11.1 Å². The molecule has 27 heavy (non-hydrogen) atoms. The molecular formula is C26H23N. The molecule has 0 fully saturated rings. The molecule has 0 aliphatic heterocycles. The van der Waals surface area contributed by atoms with Crippen LogP contribution in [0.3, 0.4) is 0 Å². The van der Waals surface area contributed by atoms with E-state index >= 15 is 0 Å². The van der Waals surface area contributed by atoms with Crippen molar-refractivity contribution in [2.75, 3.05) is 0 Å².